The van der Waals surface area contributed by atoms with E-state index in [2.05, 4.69) is 87.7 Å². The molecule has 0 amide bonds. The fourth-order valence-electron chi connectivity index (χ4n) is 10.4. The highest BCUT2D eigenvalue weighted by molar-refractivity contribution is 6.22. The number of fused-ring (bicyclic) bond motifs is 10. The van der Waals surface area contributed by atoms with Gasteiger partial charge in [0.2, 0.25) is 0 Å². The Morgan fingerprint density at radius 2 is 1.08 bits per heavy atom. The number of aromatic hydroxyl groups is 1. The molecule has 1 N–H and O–H groups in total. The largest absolute Gasteiger partial charge is 0.507 e. The zero-order chi connectivity index (χ0) is 48.5. The molecule has 0 aliphatic carbocycles. The highest BCUT2D eigenvalue weighted by atomic mass is 16.3. The van der Waals surface area contributed by atoms with Crippen LogP contribution in [0.4, 0.5) is 0 Å². The second-order valence-electron chi connectivity index (χ2n) is 18.3. The van der Waals surface area contributed by atoms with E-state index in [4.69, 9.17) is 12.7 Å². The number of aromatic nitrogens is 4. The number of rotatable bonds is 8. The Kier molecular flexibility index (Phi) is 8.61. The summed E-state index contributed by atoms with van der Waals surface area (Å²) < 4.78 is 41.3. The van der Waals surface area contributed by atoms with Crippen LogP contribution in [-0.4, -0.2) is 23.9 Å². The van der Waals surface area contributed by atoms with E-state index in [1.165, 1.54) is 0 Å². The Morgan fingerprint density at radius 3 is 1.78 bits per heavy atom. The first-order valence-corrected chi connectivity index (χ1v) is 22.5. The monoisotopic (exact) mass is 850 g/mol. The summed E-state index contributed by atoms with van der Waals surface area (Å²) in [6.45, 7) is 15.2. The van der Waals surface area contributed by atoms with Crippen LogP contribution in [0.5, 0.6) is 5.75 Å². The molecule has 0 fully saturated rings. The van der Waals surface area contributed by atoms with Crippen LogP contribution in [0.2, 0.25) is 0 Å². The standard InChI is InChI=1S/C60H54N4O/c1-34(2)41-19-12-20-42(35(3)4)54(41)40-30-31-61-48(33-40)39-17-11-16-38(32-39)45-23-14-26-51-58(45)62-60-57-50(25-15-27-53(57)65)63-49-24-10-9-18-46(49)56-47(28-29-52(59(56)63)64(51)60)55-43(36(5)6)21-13-22-44(55)37(7)8/h9-37,65H,1-8H3/i34D,35D,36D,37D. The molecule has 65 heavy (non-hydrogen) atoms. The molecule has 320 valence electrons. The molecule has 0 saturated heterocycles. The molecule has 0 spiro atoms. The zero-order valence-electron chi connectivity index (χ0n) is 42.2. The predicted molar refractivity (Wildman–Crippen MR) is 274 cm³/mol. The lowest BCUT2D eigenvalue weighted by Crippen LogP contribution is -2.00. The van der Waals surface area contributed by atoms with E-state index in [0.29, 0.717) is 11.0 Å². The van der Waals surface area contributed by atoms with Crippen molar-refractivity contribution in [2.24, 2.45) is 0 Å². The summed E-state index contributed by atoms with van der Waals surface area (Å²) in [5.74, 6) is -3.58. The average Bonchev–Trinajstić information content (AvgIpc) is 3.83. The third-order valence-corrected chi connectivity index (χ3v) is 13.3. The van der Waals surface area contributed by atoms with Gasteiger partial charge in [0.25, 0.3) is 0 Å². The molecule has 0 atom stereocenters. The molecule has 5 heteroatoms. The number of hydrogen-bond acceptors (Lipinski definition) is 3. The predicted octanol–water partition coefficient (Wildman–Crippen LogP) is 16.5. The molecule has 11 rings (SSSR count). The molecule has 0 aliphatic heterocycles. The van der Waals surface area contributed by atoms with Gasteiger partial charge in [0.05, 0.1) is 44.2 Å². The lowest BCUT2D eigenvalue weighted by atomic mass is 9.83. The first kappa shape index (κ1) is 36.1. The average molecular weight is 851 g/mol. The number of phenols is 1. The SMILES string of the molecule is [2H]C(C)(C)c1cccc(C([2H])(C)C)c1-c1ccnc(-c2cccc(-c3cccc4c3nc3c5c(O)cccc5n5c6ccccc6c6c(-c7c(C([2H])(C)C)cccc7C([2H])(C)C)ccc(c65)n43)c2)c1. The summed E-state index contributed by atoms with van der Waals surface area (Å²) in [5, 5.41) is 14.7. The smallest absolute Gasteiger partial charge is 0.151 e. The van der Waals surface area contributed by atoms with Gasteiger partial charge in [0.1, 0.15) is 5.75 Å². The van der Waals surface area contributed by atoms with Gasteiger partial charge in [-0.05, 0) is 122 Å². The molecular weight excluding hydrogens is 793 g/mol. The van der Waals surface area contributed by atoms with E-state index in [1.54, 1.807) is 6.07 Å². The number of para-hydroxylation sites is 2. The summed E-state index contributed by atoms with van der Waals surface area (Å²) in [7, 11) is 0. The van der Waals surface area contributed by atoms with Gasteiger partial charge in [0, 0.05) is 33.6 Å². The quantitative estimate of drug-likeness (QED) is 0.166. The van der Waals surface area contributed by atoms with Crippen LogP contribution in [0.1, 0.15) is 107 Å². The van der Waals surface area contributed by atoms with Crippen LogP contribution >= 0.6 is 0 Å². The molecule has 0 radical (unpaired) electrons. The van der Waals surface area contributed by atoms with E-state index in [9.17, 15) is 7.85 Å². The Bertz CT molecular complexity index is 3850. The van der Waals surface area contributed by atoms with E-state index in [-0.39, 0.29) is 5.75 Å². The van der Waals surface area contributed by atoms with Gasteiger partial charge < -0.3 is 9.51 Å². The van der Waals surface area contributed by atoms with E-state index >= 15 is 0 Å². The van der Waals surface area contributed by atoms with Crippen LogP contribution < -0.4 is 0 Å². The van der Waals surface area contributed by atoms with Gasteiger partial charge in [-0.25, -0.2) is 4.98 Å². The molecule has 0 bridgehead atoms. The molecule has 4 aromatic heterocycles. The Morgan fingerprint density at radius 1 is 0.477 bits per heavy atom. The Hall–Kier alpha value is -7.24. The molecule has 0 saturated carbocycles. The van der Waals surface area contributed by atoms with E-state index < -0.39 is 23.6 Å². The highest BCUT2D eigenvalue weighted by Crippen LogP contribution is 2.47. The first-order chi connectivity index (χ1) is 32.7. The van der Waals surface area contributed by atoms with Gasteiger partial charge in [0.15, 0.2) is 5.65 Å². The number of phenolic OH excluding ortho intramolecular Hbond substituents is 1. The molecule has 0 aliphatic rings. The fourth-order valence-corrected chi connectivity index (χ4v) is 10.4. The minimum atomic E-state index is -0.958. The van der Waals surface area contributed by atoms with Gasteiger partial charge >= 0.3 is 0 Å². The van der Waals surface area contributed by atoms with Crippen molar-refractivity contribution in [3.8, 4) is 50.4 Å². The number of benzene rings is 7. The van der Waals surface area contributed by atoms with Crippen molar-refractivity contribution >= 4 is 54.9 Å². The van der Waals surface area contributed by atoms with Gasteiger partial charge in [-0.2, -0.15) is 0 Å². The molecular formula is C60H54N4O. The summed E-state index contributed by atoms with van der Waals surface area (Å²) in [5.41, 5.74) is 16.5. The van der Waals surface area contributed by atoms with Crippen molar-refractivity contribution in [2.45, 2.75) is 79.0 Å². The third-order valence-electron chi connectivity index (χ3n) is 13.3. The maximum Gasteiger partial charge on any atom is 0.151 e. The van der Waals surface area contributed by atoms with Gasteiger partial charge in [-0.1, -0.05) is 152 Å². The zero-order valence-corrected chi connectivity index (χ0v) is 38.2. The number of nitrogens with zero attached hydrogens (tertiary/aromatic N) is 4. The van der Waals surface area contributed by atoms with Crippen molar-refractivity contribution in [3.05, 3.63) is 174 Å². The summed E-state index contributed by atoms with van der Waals surface area (Å²) in [6.07, 6.45) is 1.81. The lowest BCUT2D eigenvalue weighted by Gasteiger charge is -2.21. The maximum atomic E-state index is 12.0. The van der Waals surface area contributed by atoms with E-state index in [1.807, 2.05) is 122 Å². The Labute approximate surface area is 386 Å². The van der Waals surface area contributed by atoms with Crippen molar-refractivity contribution in [2.75, 3.05) is 0 Å². The number of pyridine rings is 1. The van der Waals surface area contributed by atoms with Crippen molar-refractivity contribution in [3.63, 3.8) is 0 Å². The lowest BCUT2D eigenvalue weighted by molar-refractivity contribution is 0.482. The second-order valence-corrected chi connectivity index (χ2v) is 18.3. The van der Waals surface area contributed by atoms with E-state index in [0.717, 1.165) is 111 Å². The molecule has 4 heterocycles. The van der Waals surface area contributed by atoms with Crippen molar-refractivity contribution in [1.82, 2.24) is 18.8 Å². The minimum absolute atomic E-state index is 0.115. The minimum Gasteiger partial charge on any atom is -0.507 e. The molecule has 11 aromatic rings. The number of imidazole rings is 1. The van der Waals surface area contributed by atoms with Crippen molar-refractivity contribution in [1.29, 1.82) is 0 Å². The molecule has 5 nitrogen and oxygen atoms in total. The normalized spacial score (nSPS) is 13.8. The number of hydrogen-bond donors (Lipinski definition) is 1. The van der Waals surface area contributed by atoms with Crippen LogP contribution in [0.25, 0.3) is 99.5 Å². The summed E-state index contributed by atoms with van der Waals surface area (Å²) >= 11 is 0. The maximum absolute atomic E-state index is 12.0. The first-order valence-electron chi connectivity index (χ1n) is 24.5. The highest BCUT2D eigenvalue weighted by Gasteiger charge is 2.26. The van der Waals surface area contributed by atoms with Gasteiger partial charge in [-0.3, -0.25) is 9.38 Å². The summed E-state index contributed by atoms with van der Waals surface area (Å²) in [6, 6.07) is 49.0. The summed E-state index contributed by atoms with van der Waals surface area (Å²) in [4.78, 5) is 10.4. The second kappa shape index (κ2) is 15.5. The fraction of sp³-hybridized carbons (Fsp3) is 0.200. The van der Waals surface area contributed by atoms with Crippen LogP contribution in [0.15, 0.2) is 152 Å². The molecule has 7 aromatic carbocycles. The van der Waals surface area contributed by atoms with Crippen LogP contribution in [-0.2, 0) is 0 Å². The third kappa shape index (κ3) is 6.27. The van der Waals surface area contributed by atoms with Crippen LogP contribution in [0, 0.1) is 0 Å². The van der Waals surface area contributed by atoms with Crippen molar-refractivity contribution < 1.29 is 10.6 Å². The molecule has 0 unspecified atom stereocenters. The topological polar surface area (TPSA) is 54.8 Å². The Balaban J connectivity index is 1.19. The van der Waals surface area contributed by atoms with Crippen LogP contribution in [0.3, 0.4) is 0 Å². The van der Waals surface area contributed by atoms with Gasteiger partial charge in [-0.15, -0.1) is 0 Å².